The fraction of sp³-hybridized carbons (Fsp3) is 0. The highest BCUT2D eigenvalue weighted by Gasteiger charge is 2.15. The average Bonchev–Trinajstić information content (AvgIpc) is 3.17. The van der Waals surface area contributed by atoms with Gasteiger partial charge in [-0.3, -0.25) is 4.98 Å². The number of hydrogen-bond acceptors (Lipinski definition) is 3. The molecule has 0 radical (unpaired) electrons. The van der Waals surface area contributed by atoms with Gasteiger partial charge in [0.05, 0.1) is 11.4 Å². The van der Waals surface area contributed by atoms with Crippen LogP contribution >= 0.6 is 0 Å². The normalized spacial score (nSPS) is 11.3. The molecule has 7 aromatic carbocycles. The van der Waals surface area contributed by atoms with Crippen LogP contribution in [0.4, 0.5) is 0 Å². The summed E-state index contributed by atoms with van der Waals surface area (Å²) in [5, 5.41) is 7.28. The third-order valence-corrected chi connectivity index (χ3v) is 9.15. The van der Waals surface area contributed by atoms with E-state index in [-0.39, 0.29) is 0 Å². The fourth-order valence-electron chi connectivity index (χ4n) is 6.81. The van der Waals surface area contributed by atoms with Crippen LogP contribution in [0, 0.1) is 0 Å². The van der Waals surface area contributed by atoms with E-state index in [0.717, 1.165) is 55.5 Å². The molecule has 0 saturated heterocycles. The Morgan fingerprint density at radius 3 is 1.69 bits per heavy atom. The largest absolute Gasteiger partial charge is 0.264 e. The first-order valence-corrected chi connectivity index (χ1v) is 16.2. The van der Waals surface area contributed by atoms with Crippen LogP contribution in [0.2, 0.25) is 0 Å². The zero-order valence-corrected chi connectivity index (χ0v) is 26.1. The summed E-state index contributed by atoms with van der Waals surface area (Å²) in [6.45, 7) is 0. The SMILES string of the molecule is c1cncc(-c2cccc(-c3cc(-c4cccc(-c5cc6ccccc6c6ccccc56)c4)nc(-c4cccc5ccccc45)n3)c2)c1. The number of pyridine rings is 1. The van der Waals surface area contributed by atoms with Crippen LogP contribution in [-0.2, 0) is 0 Å². The molecule has 0 saturated carbocycles. The molecule has 0 fully saturated rings. The third-order valence-electron chi connectivity index (χ3n) is 9.15. The first-order chi connectivity index (χ1) is 23.8. The van der Waals surface area contributed by atoms with Crippen molar-refractivity contribution in [3.8, 4) is 56.2 Å². The lowest BCUT2D eigenvalue weighted by Crippen LogP contribution is -1.97. The van der Waals surface area contributed by atoms with Crippen LogP contribution in [0.5, 0.6) is 0 Å². The number of aromatic nitrogens is 3. The summed E-state index contributed by atoms with van der Waals surface area (Å²) < 4.78 is 0. The van der Waals surface area contributed by atoms with Gasteiger partial charge in [0.25, 0.3) is 0 Å². The van der Waals surface area contributed by atoms with E-state index >= 15 is 0 Å². The Hall–Kier alpha value is -6.45. The van der Waals surface area contributed by atoms with Gasteiger partial charge >= 0.3 is 0 Å². The molecule has 2 aromatic heterocycles. The predicted octanol–water partition coefficient (Wildman–Crippen LogP) is 11.7. The molecule has 0 aliphatic heterocycles. The van der Waals surface area contributed by atoms with Crippen LogP contribution in [0.15, 0.2) is 176 Å². The number of fused-ring (bicyclic) bond motifs is 4. The highest BCUT2D eigenvalue weighted by molar-refractivity contribution is 6.13. The van der Waals surface area contributed by atoms with E-state index in [1.807, 2.05) is 12.3 Å². The van der Waals surface area contributed by atoms with Crippen molar-refractivity contribution < 1.29 is 0 Å². The number of rotatable bonds is 5. The average molecular weight is 612 g/mol. The van der Waals surface area contributed by atoms with Crippen molar-refractivity contribution in [1.29, 1.82) is 0 Å². The van der Waals surface area contributed by atoms with Gasteiger partial charge in [0.2, 0.25) is 0 Å². The van der Waals surface area contributed by atoms with Crippen LogP contribution < -0.4 is 0 Å². The Kier molecular flexibility index (Phi) is 6.80. The summed E-state index contributed by atoms with van der Waals surface area (Å²) in [4.78, 5) is 14.8. The van der Waals surface area contributed by atoms with Crippen molar-refractivity contribution in [3.63, 3.8) is 0 Å². The zero-order chi connectivity index (χ0) is 31.9. The molecule has 0 aliphatic rings. The second-order valence-corrected chi connectivity index (χ2v) is 12.1. The van der Waals surface area contributed by atoms with E-state index in [2.05, 4.69) is 163 Å². The van der Waals surface area contributed by atoms with E-state index < -0.39 is 0 Å². The van der Waals surface area contributed by atoms with Crippen LogP contribution in [0.3, 0.4) is 0 Å². The quantitative estimate of drug-likeness (QED) is 0.182. The molecule has 3 nitrogen and oxygen atoms in total. The van der Waals surface area contributed by atoms with Gasteiger partial charge in [0.15, 0.2) is 5.82 Å². The lowest BCUT2D eigenvalue weighted by molar-refractivity contribution is 1.19. The summed E-state index contributed by atoms with van der Waals surface area (Å²) in [5.41, 5.74) is 9.35. The molecule has 9 rings (SSSR count). The minimum atomic E-state index is 0.702. The second kappa shape index (κ2) is 11.7. The number of nitrogens with zero attached hydrogens (tertiary/aromatic N) is 3. The summed E-state index contributed by atoms with van der Waals surface area (Å²) in [6.07, 6.45) is 3.70. The minimum Gasteiger partial charge on any atom is -0.264 e. The molecule has 48 heavy (non-hydrogen) atoms. The predicted molar refractivity (Wildman–Crippen MR) is 200 cm³/mol. The second-order valence-electron chi connectivity index (χ2n) is 12.1. The first kappa shape index (κ1) is 27.8. The Bertz CT molecular complexity index is 2620. The highest BCUT2D eigenvalue weighted by Crippen LogP contribution is 2.37. The Morgan fingerprint density at radius 2 is 0.917 bits per heavy atom. The molecular weight excluding hydrogens is 583 g/mol. The van der Waals surface area contributed by atoms with Crippen molar-refractivity contribution in [1.82, 2.24) is 15.0 Å². The molecule has 0 unspecified atom stereocenters. The standard InChI is InChI=1S/C45H29N3/c1-3-19-37-30(11-1)13-9-23-41(37)45-47-43(34-16-7-14-31(25-34)36-18-10-24-46-29-36)28-44(48-45)35-17-8-15-32(26-35)42-27-33-12-2-4-20-38(33)39-21-5-6-22-40(39)42/h1-29H. The Morgan fingerprint density at radius 1 is 0.333 bits per heavy atom. The Balaban J connectivity index is 1.25. The highest BCUT2D eigenvalue weighted by atomic mass is 14.9. The molecule has 3 heteroatoms. The topological polar surface area (TPSA) is 38.7 Å². The van der Waals surface area contributed by atoms with Gasteiger partial charge in [-0.15, -0.1) is 0 Å². The molecule has 0 spiro atoms. The lowest BCUT2D eigenvalue weighted by atomic mass is 9.92. The maximum absolute atomic E-state index is 5.26. The molecule has 9 aromatic rings. The van der Waals surface area contributed by atoms with Crippen LogP contribution in [-0.4, -0.2) is 15.0 Å². The van der Waals surface area contributed by atoms with E-state index in [1.54, 1.807) is 6.20 Å². The minimum absolute atomic E-state index is 0.702. The molecule has 2 heterocycles. The summed E-state index contributed by atoms with van der Waals surface area (Å²) in [7, 11) is 0. The van der Waals surface area contributed by atoms with E-state index in [1.165, 1.54) is 27.1 Å². The zero-order valence-electron chi connectivity index (χ0n) is 26.1. The van der Waals surface area contributed by atoms with Crippen molar-refractivity contribution in [2.75, 3.05) is 0 Å². The summed E-state index contributed by atoms with van der Waals surface area (Å²) in [5.74, 6) is 0.702. The van der Waals surface area contributed by atoms with Crippen molar-refractivity contribution in [2.24, 2.45) is 0 Å². The van der Waals surface area contributed by atoms with Gasteiger partial charge in [-0.2, -0.15) is 0 Å². The van der Waals surface area contributed by atoms with Crippen molar-refractivity contribution in [3.05, 3.63) is 176 Å². The summed E-state index contributed by atoms with van der Waals surface area (Å²) in [6, 6.07) is 57.8. The van der Waals surface area contributed by atoms with Gasteiger partial charge in [-0.05, 0) is 79.3 Å². The van der Waals surface area contributed by atoms with Crippen LogP contribution in [0.25, 0.3) is 88.5 Å². The van der Waals surface area contributed by atoms with Crippen molar-refractivity contribution in [2.45, 2.75) is 0 Å². The fourth-order valence-corrected chi connectivity index (χ4v) is 6.81. The van der Waals surface area contributed by atoms with Gasteiger partial charge in [-0.1, -0.05) is 133 Å². The molecule has 224 valence electrons. The Labute approximate surface area is 278 Å². The monoisotopic (exact) mass is 611 g/mol. The smallest absolute Gasteiger partial charge is 0.161 e. The first-order valence-electron chi connectivity index (χ1n) is 16.2. The molecule has 0 atom stereocenters. The van der Waals surface area contributed by atoms with Gasteiger partial charge in [0, 0.05) is 34.6 Å². The lowest BCUT2D eigenvalue weighted by Gasteiger charge is -2.14. The van der Waals surface area contributed by atoms with Crippen LogP contribution in [0.1, 0.15) is 0 Å². The molecule has 0 bridgehead atoms. The van der Waals surface area contributed by atoms with Crippen molar-refractivity contribution >= 4 is 32.3 Å². The van der Waals surface area contributed by atoms with E-state index in [9.17, 15) is 0 Å². The van der Waals surface area contributed by atoms with E-state index in [4.69, 9.17) is 9.97 Å². The number of hydrogen-bond donors (Lipinski definition) is 0. The molecule has 0 aliphatic carbocycles. The maximum Gasteiger partial charge on any atom is 0.161 e. The molecular formula is C45H29N3. The maximum atomic E-state index is 5.26. The van der Waals surface area contributed by atoms with E-state index in [0.29, 0.717) is 5.82 Å². The van der Waals surface area contributed by atoms with Gasteiger partial charge in [0.1, 0.15) is 0 Å². The van der Waals surface area contributed by atoms with Gasteiger partial charge < -0.3 is 0 Å². The van der Waals surface area contributed by atoms with Gasteiger partial charge in [-0.25, -0.2) is 9.97 Å². The molecule has 0 amide bonds. The summed E-state index contributed by atoms with van der Waals surface area (Å²) >= 11 is 0. The molecule has 0 N–H and O–H groups in total. The third kappa shape index (κ3) is 4.99. The number of benzene rings is 7.